The van der Waals surface area contributed by atoms with E-state index >= 15 is 0 Å². The van der Waals surface area contributed by atoms with Crippen LogP contribution >= 0.6 is 0 Å². The Morgan fingerprint density at radius 3 is 3.00 bits per heavy atom. The van der Waals surface area contributed by atoms with Crippen molar-refractivity contribution in [1.29, 1.82) is 0 Å². The zero-order valence-electron chi connectivity index (χ0n) is 6.94. The Morgan fingerprint density at radius 1 is 1.69 bits per heavy atom. The summed E-state index contributed by atoms with van der Waals surface area (Å²) in [5, 5.41) is 5.71. The summed E-state index contributed by atoms with van der Waals surface area (Å²) in [6.45, 7) is 0.119. The molecule has 0 atom stereocenters. The Balaban J connectivity index is 2.35. The van der Waals surface area contributed by atoms with Crippen LogP contribution in [-0.4, -0.2) is 24.1 Å². The Labute approximate surface area is 73.8 Å². The van der Waals surface area contributed by atoms with Gasteiger partial charge in [0.2, 0.25) is 0 Å². The number of aromatic nitrogens is 1. The van der Waals surface area contributed by atoms with Crippen molar-refractivity contribution in [2.45, 2.75) is 6.54 Å². The summed E-state index contributed by atoms with van der Waals surface area (Å²) in [7, 11) is 1.14. The highest BCUT2D eigenvalue weighted by Gasteiger charge is 2.13. The van der Waals surface area contributed by atoms with Crippen molar-refractivity contribution in [3.05, 3.63) is 18.0 Å². The van der Waals surface area contributed by atoms with Gasteiger partial charge in [0, 0.05) is 6.07 Å². The maximum Gasteiger partial charge on any atom is 0.396 e. The first-order chi connectivity index (χ1) is 6.24. The van der Waals surface area contributed by atoms with Crippen LogP contribution < -0.4 is 5.32 Å². The number of ether oxygens (including phenoxy) is 1. The van der Waals surface area contributed by atoms with Gasteiger partial charge in [0.15, 0.2) is 5.76 Å². The molecule has 0 saturated carbocycles. The topological polar surface area (TPSA) is 81.4 Å². The first-order valence-corrected chi connectivity index (χ1v) is 3.49. The van der Waals surface area contributed by atoms with Crippen LogP contribution in [-0.2, 0) is 20.9 Å². The van der Waals surface area contributed by atoms with Crippen LogP contribution in [0.3, 0.4) is 0 Å². The first-order valence-electron chi connectivity index (χ1n) is 3.49. The maximum atomic E-state index is 10.8. The summed E-state index contributed by atoms with van der Waals surface area (Å²) in [5.74, 6) is -1.27. The summed E-state index contributed by atoms with van der Waals surface area (Å²) in [6.07, 6.45) is 1.44. The van der Waals surface area contributed by atoms with E-state index in [9.17, 15) is 9.59 Å². The largest absolute Gasteiger partial charge is 0.462 e. The Bertz CT molecular complexity index is 293. The number of nitrogens with zero attached hydrogens (tertiary/aromatic N) is 1. The highest BCUT2D eigenvalue weighted by atomic mass is 16.5. The molecule has 0 aliphatic carbocycles. The highest BCUT2D eigenvalue weighted by molar-refractivity contribution is 6.32. The summed E-state index contributed by atoms with van der Waals surface area (Å²) in [6, 6.07) is 1.58. The van der Waals surface area contributed by atoms with Crippen LogP contribution in [0.25, 0.3) is 0 Å². The molecule has 1 aromatic rings. The Morgan fingerprint density at radius 2 is 2.46 bits per heavy atom. The molecule has 1 rings (SSSR count). The van der Waals surface area contributed by atoms with Crippen LogP contribution in [0.1, 0.15) is 5.76 Å². The average Bonchev–Trinajstić information content (AvgIpc) is 2.65. The number of hydrogen-bond donors (Lipinski definition) is 1. The fourth-order valence-electron chi connectivity index (χ4n) is 0.666. The molecule has 0 saturated heterocycles. The molecule has 1 aromatic heterocycles. The number of methoxy groups -OCH3 is 1. The molecule has 0 spiro atoms. The molecule has 0 radical (unpaired) electrons. The lowest BCUT2D eigenvalue weighted by Gasteiger charge is -1.99. The van der Waals surface area contributed by atoms with E-state index in [1.54, 1.807) is 6.07 Å². The summed E-state index contributed by atoms with van der Waals surface area (Å²) in [4.78, 5) is 21.4. The van der Waals surface area contributed by atoms with Gasteiger partial charge in [-0.05, 0) is 0 Å². The minimum atomic E-state index is -0.931. The monoisotopic (exact) mass is 184 g/mol. The zero-order chi connectivity index (χ0) is 9.68. The van der Waals surface area contributed by atoms with Crippen molar-refractivity contribution in [1.82, 2.24) is 10.5 Å². The van der Waals surface area contributed by atoms with Gasteiger partial charge in [0.05, 0.1) is 19.9 Å². The standard InChI is InChI=1S/C7H8N2O4/c1-12-7(11)6(10)8-4-5-2-3-9-13-5/h2-3H,4H2,1H3,(H,8,10). The molecule has 1 N–H and O–H groups in total. The lowest BCUT2D eigenvalue weighted by atomic mass is 10.4. The third kappa shape index (κ3) is 2.58. The number of esters is 1. The van der Waals surface area contributed by atoms with E-state index in [4.69, 9.17) is 0 Å². The van der Waals surface area contributed by atoms with Gasteiger partial charge in [-0.15, -0.1) is 0 Å². The molecule has 0 unspecified atom stereocenters. The SMILES string of the molecule is COC(=O)C(=O)NCc1ccno1. The first kappa shape index (κ1) is 9.24. The number of amides is 1. The number of carbonyl (C=O) groups is 2. The van der Waals surface area contributed by atoms with Crippen LogP contribution in [0.15, 0.2) is 16.8 Å². The molecule has 0 bridgehead atoms. The van der Waals surface area contributed by atoms with Crippen molar-refractivity contribution in [3.8, 4) is 0 Å². The minimum absolute atomic E-state index is 0.119. The van der Waals surface area contributed by atoms with Gasteiger partial charge in [-0.2, -0.15) is 0 Å². The molecule has 0 aliphatic rings. The normalized spacial score (nSPS) is 9.31. The lowest BCUT2D eigenvalue weighted by molar-refractivity contribution is -0.152. The highest BCUT2D eigenvalue weighted by Crippen LogP contribution is 1.94. The average molecular weight is 184 g/mol. The molecular weight excluding hydrogens is 176 g/mol. The van der Waals surface area contributed by atoms with Gasteiger partial charge in [0.25, 0.3) is 0 Å². The van der Waals surface area contributed by atoms with Gasteiger partial charge >= 0.3 is 11.9 Å². The van der Waals surface area contributed by atoms with Gasteiger partial charge in [-0.3, -0.25) is 4.79 Å². The second-order valence-corrected chi connectivity index (χ2v) is 2.15. The molecule has 0 aliphatic heterocycles. The summed E-state index contributed by atoms with van der Waals surface area (Å²) >= 11 is 0. The van der Waals surface area contributed by atoms with Gasteiger partial charge in [-0.1, -0.05) is 5.16 Å². The van der Waals surface area contributed by atoms with Gasteiger partial charge in [-0.25, -0.2) is 4.79 Å². The maximum absolute atomic E-state index is 10.8. The number of rotatable bonds is 2. The van der Waals surface area contributed by atoms with E-state index in [0.29, 0.717) is 5.76 Å². The summed E-state index contributed by atoms with van der Waals surface area (Å²) < 4.78 is 8.87. The third-order valence-corrected chi connectivity index (χ3v) is 1.29. The predicted octanol–water partition coefficient (Wildman–Crippen LogP) is -0.536. The molecule has 0 fully saturated rings. The molecule has 70 valence electrons. The second kappa shape index (κ2) is 4.24. The number of nitrogens with one attached hydrogen (secondary N) is 1. The van der Waals surface area contributed by atoms with Crippen molar-refractivity contribution < 1.29 is 18.8 Å². The molecule has 13 heavy (non-hydrogen) atoms. The van der Waals surface area contributed by atoms with E-state index in [0.717, 1.165) is 7.11 Å². The Hall–Kier alpha value is -1.85. The van der Waals surface area contributed by atoms with Crippen LogP contribution in [0, 0.1) is 0 Å². The molecule has 0 aromatic carbocycles. The molecule has 1 amide bonds. The van der Waals surface area contributed by atoms with E-state index in [1.165, 1.54) is 6.20 Å². The van der Waals surface area contributed by atoms with Crippen LogP contribution in [0.2, 0.25) is 0 Å². The molecule has 1 heterocycles. The Kier molecular flexibility index (Phi) is 3.02. The van der Waals surface area contributed by atoms with Gasteiger partial charge < -0.3 is 14.6 Å². The minimum Gasteiger partial charge on any atom is -0.462 e. The predicted molar refractivity (Wildman–Crippen MR) is 40.4 cm³/mol. The number of hydrogen-bond acceptors (Lipinski definition) is 5. The summed E-state index contributed by atoms with van der Waals surface area (Å²) in [5.41, 5.74) is 0. The van der Waals surface area contributed by atoms with Gasteiger partial charge in [0.1, 0.15) is 0 Å². The van der Waals surface area contributed by atoms with Crippen LogP contribution in [0.5, 0.6) is 0 Å². The van der Waals surface area contributed by atoms with Crippen LogP contribution in [0.4, 0.5) is 0 Å². The van der Waals surface area contributed by atoms with Crippen molar-refractivity contribution in [3.63, 3.8) is 0 Å². The van der Waals surface area contributed by atoms with E-state index in [2.05, 4.69) is 19.7 Å². The smallest absolute Gasteiger partial charge is 0.396 e. The molecule has 6 nitrogen and oxygen atoms in total. The fourth-order valence-corrected chi connectivity index (χ4v) is 0.666. The zero-order valence-corrected chi connectivity index (χ0v) is 6.94. The molecule has 6 heteroatoms. The van der Waals surface area contributed by atoms with Crippen molar-refractivity contribution in [2.75, 3.05) is 7.11 Å². The fraction of sp³-hybridized carbons (Fsp3) is 0.286. The quantitative estimate of drug-likeness (QED) is 0.493. The van der Waals surface area contributed by atoms with Crippen molar-refractivity contribution in [2.24, 2.45) is 0 Å². The van der Waals surface area contributed by atoms with E-state index < -0.39 is 11.9 Å². The molecular formula is C7H8N2O4. The van der Waals surface area contributed by atoms with E-state index in [1.807, 2.05) is 0 Å². The second-order valence-electron chi connectivity index (χ2n) is 2.15. The third-order valence-electron chi connectivity index (χ3n) is 1.29. The lowest BCUT2D eigenvalue weighted by Crippen LogP contribution is -2.31. The number of carbonyl (C=O) groups excluding carboxylic acids is 2. The van der Waals surface area contributed by atoms with E-state index in [-0.39, 0.29) is 6.54 Å². The van der Waals surface area contributed by atoms with Crippen molar-refractivity contribution >= 4 is 11.9 Å².